The van der Waals surface area contributed by atoms with E-state index >= 15 is 0 Å². The fourth-order valence-corrected chi connectivity index (χ4v) is 7.53. The minimum Gasteiger partial charge on any atom is -0.497 e. The minimum absolute atomic E-state index is 0.0981. The third kappa shape index (κ3) is 4.55. The molecule has 1 heterocycles. The van der Waals surface area contributed by atoms with Crippen molar-refractivity contribution in [1.82, 2.24) is 0 Å². The summed E-state index contributed by atoms with van der Waals surface area (Å²) in [4.78, 5) is 5.74. The van der Waals surface area contributed by atoms with Gasteiger partial charge in [0.15, 0.2) is 6.10 Å². The van der Waals surface area contributed by atoms with Crippen molar-refractivity contribution >= 4 is 5.71 Å². The SMILES string of the molecule is COc1ccc(C2=NO[C@H]([C@@](C)(O)CC[C@@H]3[C@]4(C)CCCC(C)(C)[C@H]4CC[C@@]3(C)O)C2)cc1. The van der Waals surface area contributed by atoms with Crippen LogP contribution in [0.3, 0.4) is 0 Å². The van der Waals surface area contributed by atoms with Gasteiger partial charge in [-0.25, -0.2) is 0 Å². The number of fused-ring (bicyclic) bond motifs is 1. The van der Waals surface area contributed by atoms with Gasteiger partial charge in [0.1, 0.15) is 11.4 Å². The molecular formula is C28H43NO4. The second kappa shape index (κ2) is 8.57. The van der Waals surface area contributed by atoms with E-state index < -0.39 is 11.2 Å². The zero-order chi connectivity index (χ0) is 24.1. The summed E-state index contributed by atoms with van der Waals surface area (Å²) in [6, 6.07) is 7.78. The standard InChI is InChI=1S/C28H43NO4/c1-25(2)14-7-15-26(3)22(25)12-16-27(4,30)23(26)13-17-28(5,31)24-18-21(29-33-24)19-8-10-20(32-6)11-9-19/h8-11,22-24,30-31H,7,12-18H2,1-6H3/t22-,23-,24+,26-,27-,28+/m1/s1. The molecule has 6 atom stereocenters. The number of ether oxygens (including phenoxy) is 1. The molecule has 4 rings (SSSR count). The number of benzene rings is 1. The highest BCUT2D eigenvalue weighted by Gasteiger charge is 2.58. The summed E-state index contributed by atoms with van der Waals surface area (Å²) < 4.78 is 5.24. The maximum Gasteiger partial charge on any atom is 0.161 e. The van der Waals surface area contributed by atoms with Gasteiger partial charge in [-0.15, -0.1) is 0 Å². The molecule has 1 aromatic carbocycles. The fraction of sp³-hybridized carbons (Fsp3) is 0.750. The van der Waals surface area contributed by atoms with Crippen LogP contribution in [0, 0.1) is 22.7 Å². The molecule has 0 saturated heterocycles. The van der Waals surface area contributed by atoms with Crippen LogP contribution in [-0.2, 0) is 4.84 Å². The molecule has 2 fully saturated rings. The van der Waals surface area contributed by atoms with Crippen molar-refractivity contribution in [3.05, 3.63) is 29.8 Å². The number of oxime groups is 1. The van der Waals surface area contributed by atoms with Crippen LogP contribution in [0.5, 0.6) is 5.75 Å². The quantitative estimate of drug-likeness (QED) is 0.574. The van der Waals surface area contributed by atoms with Gasteiger partial charge in [-0.3, -0.25) is 0 Å². The second-order valence-electron chi connectivity index (χ2n) is 12.3. The molecule has 0 aromatic heterocycles. The largest absolute Gasteiger partial charge is 0.497 e. The van der Waals surface area contributed by atoms with E-state index in [1.54, 1.807) is 7.11 Å². The third-order valence-corrected chi connectivity index (χ3v) is 9.49. The summed E-state index contributed by atoms with van der Waals surface area (Å²) in [5.41, 5.74) is 0.538. The lowest BCUT2D eigenvalue weighted by Gasteiger charge is -2.61. The highest BCUT2D eigenvalue weighted by atomic mass is 16.7. The lowest BCUT2D eigenvalue weighted by atomic mass is 9.45. The zero-order valence-electron chi connectivity index (χ0n) is 21.4. The van der Waals surface area contributed by atoms with Crippen LogP contribution in [0.1, 0.15) is 91.5 Å². The average Bonchev–Trinajstić information content (AvgIpc) is 3.23. The van der Waals surface area contributed by atoms with Crippen molar-refractivity contribution in [2.24, 2.45) is 27.8 Å². The summed E-state index contributed by atoms with van der Waals surface area (Å²) in [5, 5.41) is 27.2. The monoisotopic (exact) mass is 457 g/mol. The Balaban J connectivity index is 1.44. The molecule has 3 aliphatic rings. The predicted octanol–water partition coefficient (Wildman–Crippen LogP) is 5.71. The van der Waals surface area contributed by atoms with Crippen LogP contribution >= 0.6 is 0 Å². The molecule has 33 heavy (non-hydrogen) atoms. The first-order chi connectivity index (χ1) is 15.4. The Bertz CT molecular complexity index is 872. The smallest absolute Gasteiger partial charge is 0.161 e. The van der Waals surface area contributed by atoms with Gasteiger partial charge in [0.25, 0.3) is 0 Å². The average molecular weight is 458 g/mol. The van der Waals surface area contributed by atoms with E-state index in [0.717, 1.165) is 42.7 Å². The van der Waals surface area contributed by atoms with Gasteiger partial charge in [-0.2, -0.15) is 0 Å². The summed E-state index contributed by atoms with van der Waals surface area (Å²) in [6.45, 7) is 11.1. The Morgan fingerprint density at radius 2 is 1.82 bits per heavy atom. The molecule has 0 amide bonds. The summed E-state index contributed by atoms with van der Waals surface area (Å²) in [6.07, 6.45) is 7.15. The molecule has 1 aliphatic heterocycles. The number of hydrogen-bond donors (Lipinski definition) is 2. The topological polar surface area (TPSA) is 71.3 Å². The summed E-state index contributed by atoms with van der Waals surface area (Å²) >= 11 is 0. The van der Waals surface area contributed by atoms with Gasteiger partial charge in [-0.1, -0.05) is 32.3 Å². The first-order valence-corrected chi connectivity index (χ1v) is 12.7. The van der Waals surface area contributed by atoms with E-state index in [4.69, 9.17) is 9.57 Å². The lowest BCUT2D eigenvalue weighted by Crippen LogP contribution is -2.58. The Morgan fingerprint density at radius 3 is 2.48 bits per heavy atom. The summed E-state index contributed by atoms with van der Waals surface area (Å²) in [5.74, 6) is 1.58. The van der Waals surface area contributed by atoms with Crippen molar-refractivity contribution in [3.8, 4) is 5.75 Å². The first-order valence-electron chi connectivity index (χ1n) is 12.7. The van der Waals surface area contributed by atoms with Gasteiger partial charge in [-0.05, 0) is 105 Å². The van der Waals surface area contributed by atoms with Crippen molar-refractivity contribution in [3.63, 3.8) is 0 Å². The van der Waals surface area contributed by atoms with Gasteiger partial charge >= 0.3 is 0 Å². The number of aliphatic hydroxyl groups is 2. The minimum atomic E-state index is -1.01. The number of hydrogen-bond acceptors (Lipinski definition) is 5. The Hall–Kier alpha value is -1.59. The third-order valence-electron chi connectivity index (χ3n) is 9.49. The van der Waals surface area contributed by atoms with E-state index in [1.807, 2.05) is 38.1 Å². The van der Waals surface area contributed by atoms with Crippen LogP contribution in [-0.4, -0.2) is 40.3 Å². The molecule has 0 unspecified atom stereocenters. The molecule has 2 aliphatic carbocycles. The molecule has 0 radical (unpaired) electrons. The van der Waals surface area contributed by atoms with E-state index in [1.165, 1.54) is 12.8 Å². The van der Waals surface area contributed by atoms with Gasteiger partial charge in [0, 0.05) is 6.42 Å². The molecule has 2 N–H and O–H groups in total. The van der Waals surface area contributed by atoms with Crippen LogP contribution in [0.25, 0.3) is 0 Å². The Morgan fingerprint density at radius 1 is 1.12 bits per heavy atom. The normalized spacial score (nSPS) is 37.5. The van der Waals surface area contributed by atoms with Crippen LogP contribution < -0.4 is 4.74 Å². The summed E-state index contributed by atoms with van der Waals surface area (Å²) in [7, 11) is 1.65. The maximum absolute atomic E-state index is 11.5. The maximum atomic E-state index is 11.5. The predicted molar refractivity (Wildman–Crippen MR) is 131 cm³/mol. The van der Waals surface area contributed by atoms with Crippen LogP contribution in [0.4, 0.5) is 0 Å². The highest BCUT2D eigenvalue weighted by Crippen LogP contribution is 2.63. The Kier molecular flexibility index (Phi) is 6.37. The van der Waals surface area contributed by atoms with E-state index in [0.29, 0.717) is 24.2 Å². The molecule has 184 valence electrons. The molecule has 1 aromatic rings. The molecular weight excluding hydrogens is 414 g/mol. The Labute approximate surface area is 199 Å². The molecule has 5 nitrogen and oxygen atoms in total. The first kappa shape index (κ1) is 24.5. The molecule has 2 saturated carbocycles. The van der Waals surface area contributed by atoms with Crippen molar-refractivity contribution in [2.75, 3.05) is 7.11 Å². The second-order valence-corrected chi connectivity index (χ2v) is 12.3. The molecule has 5 heteroatoms. The van der Waals surface area contributed by atoms with Crippen molar-refractivity contribution < 1.29 is 19.8 Å². The molecule has 0 spiro atoms. The van der Waals surface area contributed by atoms with Crippen LogP contribution in [0.15, 0.2) is 29.4 Å². The van der Waals surface area contributed by atoms with Gasteiger partial charge < -0.3 is 19.8 Å². The van der Waals surface area contributed by atoms with E-state index in [2.05, 4.69) is 25.9 Å². The lowest BCUT2D eigenvalue weighted by molar-refractivity contribution is -0.176. The van der Waals surface area contributed by atoms with Crippen molar-refractivity contribution in [2.45, 2.75) is 103 Å². The fourth-order valence-electron chi connectivity index (χ4n) is 7.53. The van der Waals surface area contributed by atoms with Gasteiger partial charge in [0.05, 0.1) is 18.4 Å². The highest BCUT2D eigenvalue weighted by molar-refractivity contribution is 6.01. The molecule has 0 bridgehead atoms. The number of rotatable bonds is 6. The van der Waals surface area contributed by atoms with Gasteiger partial charge in [0.2, 0.25) is 0 Å². The van der Waals surface area contributed by atoms with Crippen LogP contribution in [0.2, 0.25) is 0 Å². The zero-order valence-corrected chi connectivity index (χ0v) is 21.4. The van der Waals surface area contributed by atoms with E-state index in [-0.39, 0.29) is 17.4 Å². The van der Waals surface area contributed by atoms with Crippen molar-refractivity contribution in [1.29, 1.82) is 0 Å². The van der Waals surface area contributed by atoms with E-state index in [9.17, 15) is 10.2 Å². The number of nitrogens with zero attached hydrogens (tertiary/aromatic N) is 1. The number of methoxy groups -OCH3 is 1.